The maximum Gasteiger partial charge on any atom is 0.220 e. The van der Waals surface area contributed by atoms with Gasteiger partial charge in [-0.15, -0.1) is 0 Å². The van der Waals surface area contributed by atoms with Crippen LogP contribution >= 0.6 is 0 Å². The quantitative estimate of drug-likeness (QED) is 0.607. The van der Waals surface area contributed by atoms with Gasteiger partial charge in [-0.25, -0.2) is 9.97 Å². The van der Waals surface area contributed by atoms with Gasteiger partial charge in [-0.05, 0) is 18.9 Å². The summed E-state index contributed by atoms with van der Waals surface area (Å²) in [6.45, 7) is 1.89. The van der Waals surface area contributed by atoms with E-state index in [0.29, 0.717) is 5.16 Å². The predicted molar refractivity (Wildman–Crippen MR) is 70.5 cm³/mol. The second-order valence-electron chi connectivity index (χ2n) is 4.04. The molecule has 94 valence electrons. The van der Waals surface area contributed by atoms with E-state index in [1.807, 2.05) is 6.07 Å². The largest absolute Gasteiger partial charge is 0.356 e. The van der Waals surface area contributed by atoms with E-state index in [4.69, 9.17) is 5.26 Å². The number of allylic oxidation sites excluding steroid dienone is 1. The Kier molecular flexibility index (Phi) is 4.05. The van der Waals surface area contributed by atoms with Crippen molar-refractivity contribution in [3.8, 4) is 6.07 Å². The summed E-state index contributed by atoms with van der Waals surface area (Å²) in [6, 6.07) is 1.96. The van der Waals surface area contributed by atoms with Crippen LogP contribution in [0.5, 0.6) is 0 Å². The van der Waals surface area contributed by atoms with Gasteiger partial charge in [0, 0.05) is 37.2 Å². The second kappa shape index (κ2) is 5.74. The molecule has 0 N–H and O–H groups in total. The van der Waals surface area contributed by atoms with Crippen LogP contribution in [0.15, 0.2) is 17.4 Å². The summed E-state index contributed by atoms with van der Waals surface area (Å²) in [5, 5.41) is 8.93. The van der Waals surface area contributed by atoms with Crippen molar-refractivity contribution in [2.45, 2.75) is 18.0 Å². The fourth-order valence-electron chi connectivity index (χ4n) is 1.93. The summed E-state index contributed by atoms with van der Waals surface area (Å²) in [4.78, 5) is 10.6. The number of hydrogen-bond donors (Lipinski definition) is 0. The van der Waals surface area contributed by atoms with Gasteiger partial charge in [-0.2, -0.15) is 5.26 Å². The summed E-state index contributed by atoms with van der Waals surface area (Å²) in [7, 11) is -1.19. The topological polar surface area (TPSA) is 69.9 Å². The van der Waals surface area contributed by atoms with Crippen molar-refractivity contribution in [3.05, 3.63) is 17.8 Å². The highest BCUT2D eigenvalue weighted by Crippen LogP contribution is 2.23. The maximum atomic E-state index is 11.4. The summed E-state index contributed by atoms with van der Waals surface area (Å²) >= 11 is 0. The van der Waals surface area contributed by atoms with Crippen LogP contribution in [0.3, 0.4) is 0 Å². The molecule has 5 nitrogen and oxygen atoms in total. The molecule has 0 amide bonds. The Bertz CT molecular complexity index is 529. The molecule has 0 aromatic carbocycles. The molecule has 2 rings (SSSR count). The average molecular weight is 262 g/mol. The van der Waals surface area contributed by atoms with Crippen molar-refractivity contribution in [3.63, 3.8) is 0 Å². The van der Waals surface area contributed by atoms with Gasteiger partial charge in [0.1, 0.15) is 5.82 Å². The first kappa shape index (κ1) is 12.7. The lowest BCUT2D eigenvalue weighted by atomic mass is 10.2. The van der Waals surface area contributed by atoms with Crippen molar-refractivity contribution >= 4 is 22.7 Å². The van der Waals surface area contributed by atoms with Gasteiger partial charge in [0.2, 0.25) is 5.16 Å². The highest BCUT2D eigenvalue weighted by Gasteiger charge is 2.18. The van der Waals surface area contributed by atoms with E-state index in [9.17, 15) is 4.21 Å². The van der Waals surface area contributed by atoms with Gasteiger partial charge in [-0.1, -0.05) is 0 Å². The van der Waals surface area contributed by atoms with Crippen molar-refractivity contribution in [2.75, 3.05) is 24.2 Å². The molecule has 0 aliphatic carbocycles. The van der Waals surface area contributed by atoms with Crippen LogP contribution in [0.4, 0.5) is 5.82 Å². The third-order valence-corrected chi connectivity index (χ3v) is 3.48. The first-order chi connectivity index (χ1) is 8.72. The minimum Gasteiger partial charge on any atom is -0.356 e. The van der Waals surface area contributed by atoms with Gasteiger partial charge in [0.05, 0.1) is 16.9 Å². The first-order valence-corrected chi connectivity index (χ1v) is 7.30. The summed E-state index contributed by atoms with van der Waals surface area (Å²) in [5.74, 6) is 0.777. The van der Waals surface area contributed by atoms with Gasteiger partial charge >= 0.3 is 0 Å². The zero-order chi connectivity index (χ0) is 13.0. The van der Waals surface area contributed by atoms with Crippen molar-refractivity contribution in [2.24, 2.45) is 0 Å². The van der Waals surface area contributed by atoms with Crippen LogP contribution in [0, 0.1) is 11.3 Å². The van der Waals surface area contributed by atoms with E-state index in [1.165, 1.54) is 6.08 Å². The average Bonchev–Trinajstić information content (AvgIpc) is 2.89. The monoisotopic (exact) mass is 262 g/mol. The van der Waals surface area contributed by atoms with Crippen LogP contribution < -0.4 is 4.90 Å². The van der Waals surface area contributed by atoms with Gasteiger partial charge in [0.15, 0.2) is 0 Å². The molecule has 0 radical (unpaired) electrons. The molecule has 1 fully saturated rings. The van der Waals surface area contributed by atoms with E-state index in [1.54, 1.807) is 18.5 Å². The number of anilines is 1. The Morgan fingerprint density at radius 2 is 2.22 bits per heavy atom. The third-order valence-electron chi connectivity index (χ3n) is 2.77. The molecule has 6 heteroatoms. The molecule has 1 aromatic rings. The highest BCUT2D eigenvalue weighted by molar-refractivity contribution is 7.84. The van der Waals surface area contributed by atoms with Crippen molar-refractivity contribution in [1.29, 1.82) is 5.26 Å². The normalized spacial score (nSPS) is 17.0. The lowest BCUT2D eigenvalue weighted by Gasteiger charge is -2.18. The Morgan fingerprint density at radius 1 is 1.50 bits per heavy atom. The molecule has 1 aliphatic rings. The van der Waals surface area contributed by atoms with Crippen molar-refractivity contribution < 1.29 is 4.21 Å². The van der Waals surface area contributed by atoms with Gasteiger partial charge in [-0.3, -0.25) is 4.21 Å². The van der Waals surface area contributed by atoms with E-state index < -0.39 is 10.8 Å². The van der Waals surface area contributed by atoms with Crippen molar-refractivity contribution in [1.82, 2.24) is 9.97 Å². The molecule has 1 saturated heterocycles. The number of nitriles is 1. The van der Waals surface area contributed by atoms with Crippen LogP contribution in [0.1, 0.15) is 18.4 Å². The van der Waals surface area contributed by atoms with Crippen LogP contribution in [-0.4, -0.2) is 33.5 Å². The molecule has 0 bridgehead atoms. The molecule has 1 unspecified atom stereocenters. The number of hydrogen-bond acceptors (Lipinski definition) is 5. The molecular formula is C12H14N4OS. The van der Waals surface area contributed by atoms with Gasteiger partial charge < -0.3 is 4.90 Å². The zero-order valence-corrected chi connectivity index (χ0v) is 11.0. The van der Waals surface area contributed by atoms with Crippen LogP contribution in [0.2, 0.25) is 0 Å². The lowest BCUT2D eigenvalue weighted by Crippen LogP contribution is -2.21. The van der Waals surface area contributed by atoms with E-state index in [0.717, 1.165) is 37.3 Å². The summed E-state index contributed by atoms with van der Waals surface area (Å²) in [6.07, 6.45) is 8.56. The molecule has 1 aromatic heterocycles. The molecule has 2 heterocycles. The Labute approximate surface area is 109 Å². The highest BCUT2D eigenvalue weighted by atomic mass is 32.2. The fourth-order valence-corrected chi connectivity index (χ4v) is 2.35. The standard InChI is InChI=1S/C12H14N4OS/c1-18(17)12-14-9-10(5-4-6-13)11(15-12)16-7-2-3-8-16/h4-5,9H,2-3,7-8H2,1H3. The van der Waals surface area contributed by atoms with E-state index >= 15 is 0 Å². The fraction of sp³-hybridized carbons (Fsp3) is 0.417. The maximum absolute atomic E-state index is 11.4. The van der Waals surface area contributed by atoms with Gasteiger partial charge in [0.25, 0.3) is 0 Å². The lowest BCUT2D eigenvalue weighted by molar-refractivity contribution is 0.679. The first-order valence-electron chi connectivity index (χ1n) is 5.74. The number of nitrogens with zero attached hydrogens (tertiary/aromatic N) is 4. The smallest absolute Gasteiger partial charge is 0.220 e. The summed E-state index contributed by atoms with van der Waals surface area (Å²) < 4.78 is 11.4. The minimum atomic E-state index is -1.19. The Morgan fingerprint density at radius 3 is 2.83 bits per heavy atom. The molecule has 1 aliphatic heterocycles. The molecular weight excluding hydrogens is 248 g/mol. The number of rotatable bonds is 3. The molecule has 18 heavy (non-hydrogen) atoms. The second-order valence-corrected chi connectivity index (χ2v) is 5.32. The molecule has 1 atom stereocenters. The Balaban J connectivity index is 2.42. The zero-order valence-electron chi connectivity index (χ0n) is 10.2. The Hall–Kier alpha value is -1.74. The molecule has 0 spiro atoms. The van der Waals surface area contributed by atoms with E-state index in [2.05, 4.69) is 14.9 Å². The van der Waals surface area contributed by atoms with Crippen LogP contribution in [-0.2, 0) is 10.8 Å². The third kappa shape index (κ3) is 2.74. The number of aromatic nitrogens is 2. The van der Waals surface area contributed by atoms with E-state index in [-0.39, 0.29) is 0 Å². The van der Waals surface area contributed by atoms with Crippen LogP contribution in [0.25, 0.3) is 6.08 Å². The SMILES string of the molecule is CS(=O)c1ncc(C=CC#N)c(N2CCCC2)n1. The molecule has 0 saturated carbocycles. The minimum absolute atomic E-state index is 0.339. The predicted octanol–water partition coefficient (Wildman–Crippen LogP) is 1.35. The summed E-state index contributed by atoms with van der Waals surface area (Å²) in [5.41, 5.74) is 0.799.